The molecule has 1 aliphatic heterocycles. The average molecular weight is 462 g/mol. The first-order valence-electron chi connectivity index (χ1n) is 10.8. The van der Waals surface area contributed by atoms with Gasteiger partial charge in [-0.05, 0) is 67.4 Å². The lowest BCUT2D eigenvalue weighted by Gasteiger charge is -2.25. The Balaban J connectivity index is 1.85. The number of aryl methyl sites for hydroxylation is 1. The predicted molar refractivity (Wildman–Crippen MR) is 130 cm³/mol. The maximum Gasteiger partial charge on any atom is 0.300 e. The molecule has 0 aromatic heterocycles. The number of benzene rings is 3. The van der Waals surface area contributed by atoms with Gasteiger partial charge >= 0.3 is 0 Å². The van der Waals surface area contributed by atoms with Crippen molar-refractivity contribution in [3.8, 4) is 5.75 Å². The van der Waals surface area contributed by atoms with Crippen molar-refractivity contribution in [2.45, 2.75) is 26.3 Å². The Morgan fingerprint density at radius 3 is 2.36 bits per heavy atom. The van der Waals surface area contributed by atoms with Gasteiger partial charge < -0.3 is 9.84 Å². The van der Waals surface area contributed by atoms with Gasteiger partial charge in [0.1, 0.15) is 11.5 Å². The molecule has 0 saturated carbocycles. The standard InChI is InChI=1S/C27H24ClNO4/c1-3-15-33-22-13-7-18(8-14-22)25(30)23-24(19-6-4-5-17(2)16-19)29(27(32)26(23)31)21-11-9-20(28)10-12-21/h4-14,16,24,30H,3,15H2,1-2H3/b25-23-. The highest BCUT2D eigenvalue weighted by molar-refractivity contribution is 6.51. The number of aliphatic hydroxyl groups excluding tert-OH is 1. The van der Waals surface area contributed by atoms with E-state index in [9.17, 15) is 14.7 Å². The zero-order chi connectivity index (χ0) is 23.5. The Morgan fingerprint density at radius 1 is 1.03 bits per heavy atom. The normalized spacial score (nSPS) is 17.4. The van der Waals surface area contributed by atoms with Gasteiger partial charge in [-0.25, -0.2) is 0 Å². The van der Waals surface area contributed by atoms with Crippen LogP contribution in [0.15, 0.2) is 78.4 Å². The Hall–Kier alpha value is -3.57. The fourth-order valence-electron chi connectivity index (χ4n) is 3.94. The SMILES string of the molecule is CCCOc1ccc(/C(O)=C2/C(=O)C(=O)N(c3ccc(Cl)cc3)C2c2cccc(C)c2)cc1. The minimum absolute atomic E-state index is 0.0442. The van der Waals surface area contributed by atoms with E-state index in [0.717, 1.165) is 17.5 Å². The van der Waals surface area contributed by atoms with Gasteiger partial charge in [0.2, 0.25) is 0 Å². The largest absolute Gasteiger partial charge is 0.507 e. The molecule has 168 valence electrons. The van der Waals surface area contributed by atoms with Crippen molar-refractivity contribution >= 4 is 34.7 Å². The number of rotatable bonds is 6. The van der Waals surface area contributed by atoms with Crippen molar-refractivity contribution in [3.05, 3.63) is 100 Å². The van der Waals surface area contributed by atoms with E-state index in [2.05, 4.69) is 0 Å². The van der Waals surface area contributed by atoms with Gasteiger partial charge in [0, 0.05) is 16.3 Å². The fraction of sp³-hybridized carbons (Fsp3) is 0.185. The number of amides is 1. The van der Waals surface area contributed by atoms with Crippen LogP contribution in [-0.2, 0) is 9.59 Å². The summed E-state index contributed by atoms with van der Waals surface area (Å²) >= 11 is 6.03. The van der Waals surface area contributed by atoms with Crippen molar-refractivity contribution in [1.82, 2.24) is 0 Å². The lowest BCUT2D eigenvalue weighted by Crippen LogP contribution is -2.29. The van der Waals surface area contributed by atoms with Crippen molar-refractivity contribution in [1.29, 1.82) is 0 Å². The zero-order valence-corrected chi connectivity index (χ0v) is 19.2. The third-order valence-electron chi connectivity index (χ3n) is 5.51. The summed E-state index contributed by atoms with van der Waals surface area (Å²) in [6.07, 6.45) is 0.881. The van der Waals surface area contributed by atoms with E-state index in [1.54, 1.807) is 48.5 Å². The second kappa shape index (κ2) is 9.51. The summed E-state index contributed by atoms with van der Waals surface area (Å²) in [5, 5.41) is 11.7. The van der Waals surface area contributed by atoms with E-state index < -0.39 is 17.7 Å². The Labute approximate surface area is 197 Å². The number of ether oxygens (including phenoxy) is 1. The first-order chi connectivity index (χ1) is 15.9. The number of hydrogen-bond donors (Lipinski definition) is 1. The number of aliphatic hydroxyl groups is 1. The fourth-order valence-corrected chi connectivity index (χ4v) is 4.07. The molecule has 33 heavy (non-hydrogen) atoms. The first kappa shape index (κ1) is 22.6. The molecule has 1 unspecified atom stereocenters. The first-order valence-corrected chi connectivity index (χ1v) is 11.1. The van der Waals surface area contributed by atoms with Crippen molar-refractivity contribution in [3.63, 3.8) is 0 Å². The number of Topliss-reactive ketones (excluding diaryl/α,β-unsaturated/α-hetero) is 1. The van der Waals surface area contributed by atoms with E-state index in [0.29, 0.717) is 28.6 Å². The number of hydrogen-bond acceptors (Lipinski definition) is 4. The molecule has 1 fully saturated rings. The summed E-state index contributed by atoms with van der Waals surface area (Å²) < 4.78 is 5.60. The van der Waals surface area contributed by atoms with E-state index in [-0.39, 0.29) is 11.3 Å². The zero-order valence-electron chi connectivity index (χ0n) is 18.4. The van der Waals surface area contributed by atoms with Crippen molar-refractivity contribution in [2.24, 2.45) is 0 Å². The molecule has 3 aromatic carbocycles. The molecule has 4 rings (SSSR count). The molecule has 1 heterocycles. The molecule has 1 amide bonds. The molecule has 1 N–H and O–H groups in total. The van der Waals surface area contributed by atoms with E-state index in [4.69, 9.17) is 16.3 Å². The molecular weight excluding hydrogens is 438 g/mol. The molecule has 1 atom stereocenters. The van der Waals surface area contributed by atoms with E-state index in [1.807, 2.05) is 38.1 Å². The summed E-state index contributed by atoms with van der Waals surface area (Å²) in [6.45, 7) is 4.54. The summed E-state index contributed by atoms with van der Waals surface area (Å²) in [6, 6.07) is 20.3. The quantitative estimate of drug-likeness (QED) is 0.275. The number of carbonyl (C=O) groups excluding carboxylic acids is 2. The molecule has 0 radical (unpaired) electrons. The number of ketones is 1. The molecule has 1 aliphatic rings. The van der Waals surface area contributed by atoms with Crippen LogP contribution in [0.1, 0.15) is 36.1 Å². The van der Waals surface area contributed by atoms with Crippen LogP contribution in [0.2, 0.25) is 5.02 Å². The Morgan fingerprint density at radius 2 is 1.73 bits per heavy atom. The maximum atomic E-state index is 13.2. The van der Waals surface area contributed by atoms with Crippen LogP contribution in [0, 0.1) is 6.92 Å². The van der Waals surface area contributed by atoms with Gasteiger partial charge in [0.05, 0.1) is 18.2 Å². The van der Waals surface area contributed by atoms with Crippen LogP contribution in [0.4, 0.5) is 5.69 Å². The number of anilines is 1. The molecule has 6 heteroatoms. The van der Waals surface area contributed by atoms with E-state index >= 15 is 0 Å². The molecule has 0 spiro atoms. The number of halogens is 1. The van der Waals surface area contributed by atoms with Crippen LogP contribution >= 0.6 is 11.6 Å². The van der Waals surface area contributed by atoms with Gasteiger partial charge in [0.25, 0.3) is 11.7 Å². The lowest BCUT2D eigenvalue weighted by atomic mass is 9.94. The predicted octanol–water partition coefficient (Wildman–Crippen LogP) is 6.06. The topological polar surface area (TPSA) is 66.8 Å². The maximum absolute atomic E-state index is 13.2. The minimum atomic E-state index is -0.776. The monoisotopic (exact) mass is 461 g/mol. The van der Waals surface area contributed by atoms with Crippen LogP contribution in [0.3, 0.4) is 0 Å². The second-order valence-electron chi connectivity index (χ2n) is 7.93. The molecular formula is C27H24ClNO4. The highest BCUT2D eigenvalue weighted by Gasteiger charge is 2.46. The highest BCUT2D eigenvalue weighted by atomic mass is 35.5. The van der Waals surface area contributed by atoms with Crippen LogP contribution < -0.4 is 9.64 Å². The van der Waals surface area contributed by atoms with Crippen LogP contribution in [-0.4, -0.2) is 23.4 Å². The Kier molecular flexibility index (Phi) is 6.52. The van der Waals surface area contributed by atoms with Gasteiger partial charge in [-0.3, -0.25) is 14.5 Å². The average Bonchev–Trinajstić information content (AvgIpc) is 3.08. The highest BCUT2D eigenvalue weighted by Crippen LogP contribution is 2.42. The summed E-state index contributed by atoms with van der Waals surface area (Å²) in [4.78, 5) is 27.8. The summed E-state index contributed by atoms with van der Waals surface area (Å²) in [5.74, 6) is -0.989. The second-order valence-corrected chi connectivity index (χ2v) is 8.37. The third kappa shape index (κ3) is 4.50. The lowest BCUT2D eigenvalue weighted by molar-refractivity contribution is -0.132. The number of nitrogens with zero attached hydrogens (tertiary/aromatic N) is 1. The molecule has 3 aromatic rings. The Bertz CT molecular complexity index is 1220. The summed E-state index contributed by atoms with van der Waals surface area (Å²) in [7, 11) is 0. The molecule has 5 nitrogen and oxygen atoms in total. The summed E-state index contributed by atoms with van der Waals surface area (Å²) in [5.41, 5.74) is 2.71. The van der Waals surface area contributed by atoms with Gasteiger partial charge in [-0.15, -0.1) is 0 Å². The van der Waals surface area contributed by atoms with Crippen LogP contribution in [0.5, 0.6) is 5.75 Å². The number of carbonyl (C=O) groups is 2. The van der Waals surface area contributed by atoms with E-state index in [1.165, 1.54) is 4.90 Å². The molecule has 1 saturated heterocycles. The third-order valence-corrected chi connectivity index (χ3v) is 5.76. The van der Waals surface area contributed by atoms with Gasteiger partial charge in [-0.1, -0.05) is 48.4 Å². The van der Waals surface area contributed by atoms with Crippen LogP contribution in [0.25, 0.3) is 5.76 Å². The van der Waals surface area contributed by atoms with Gasteiger partial charge in [0.15, 0.2) is 0 Å². The smallest absolute Gasteiger partial charge is 0.300 e. The molecule has 0 aliphatic carbocycles. The van der Waals surface area contributed by atoms with Gasteiger partial charge in [-0.2, -0.15) is 0 Å². The minimum Gasteiger partial charge on any atom is -0.507 e. The van der Waals surface area contributed by atoms with Crippen molar-refractivity contribution in [2.75, 3.05) is 11.5 Å². The van der Waals surface area contributed by atoms with Crippen molar-refractivity contribution < 1.29 is 19.4 Å². The molecule has 0 bridgehead atoms.